The molecule has 2 aromatic carbocycles. The molecule has 26 heavy (non-hydrogen) atoms. The van der Waals surface area contributed by atoms with Crippen molar-refractivity contribution in [3.63, 3.8) is 0 Å². The summed E-state index contributed by atoms with van der Waals surface area (Å²) in [5, 5.41) is 3.34. The van der Waals surface area contributed by atoms with Crippen LogP contribution in [-0.4, -0.2) is 25.0 Å². The average molecular weight is 351 g/mol. The molecule has 0 radical (unpaired) electrons. The predicted molar refractivity (Wildman–Crippen MR) is 96.9 cm³/mol. The topological polar surface area (TPSA) is 85.6 Å². The van der Waals surface area contributed by atoms with Crippen molar-refractivity contribution in [1.82, 2.24) is 5.32 Å². The molecular weight excluding hydrogens is 334 g/mol. The van der Waals surface area contributed by atoms with Crippen LogP contribution in [0.3, 0.4) is 0 Å². The van der Waals surface area contributed by atoms with E-state index < -0.39 is 23.5 Å². The second kappa shape index (κ2) is 7.23. The summed E-state index contributed by atoms with van der Waals surface area (Å²) in [6.07, 6.45) is 0. The Labute approximate surface area is 149 Å². The average Bonchev–Trinajstić information content (AvgIpc) is 2.66. The number of methoxy groups -OCH3 is 1. The van der Waals surface area contributed by atoms with Gasteiger partial charge in [-0.05, 0) is 36.8 Å². The first-order chi connectivity index (χ1) is 12.5. The number of amides is 1. The molecule has 1 amide bonds. The summed E-state index contributed by atoms with van der Waals surface area (Å²) in [4.78, 5) is 36.1. The molecule has 0 saturated heterocycles. The highest BCUT2D eigenvalue weighted by atomic mass is 16.5. The highest BCUT2D eigenvalue weighted by molar-refractivity contribution is 5.97. The number of benzene rings is 2. The van der Waals surface area contributed by atoms with E-state index in [0.717, 1.165) is 5.39 Å². The molecule has 6 heteroatoms. The van der Waals surface area contributed by atoms with Gasteiger partial charge in [-0.1, -0.05) is 30.3 Å². The quantitative estimate of drug-likeness (QED) is 0.577. The van der Waals surface area contributed by atoms with E-state index in [1.54, 1.807) is 42.5 Å². The largest absolute Gasteiger partial charge is 0.467 e. The Hall–Kier alpha value is -3.41. The van der Waals surface area contributed by atoms with E-state index in [2.05, 4.69) is 10.1 Å². The summed E-state index contributed by atoms with van der Waals surface area (Å²) in [5.74, 6) is -0.973. The van der Waals surface area contributed by atoms with Crippen molar-refractivity contribution >= 4 is 22.8 Å². The van der Waals surface area contributed by atoms with Gasteiger partial charge in [0.25, 0.3) is 5.91 Å². The van der Waals surface area contributed by atoms with Crippen molar-refractivity contribution < 1.29 is 18.7 Å². The van der Waals surface area contributed by atoms with Gasteiger partial charge >= 0.3 is 11.6 Å². The van der Waals surface area contributed by atoms with Crippen LogP contribution in [0.1, 0.15) is 17.3 Å². The van der Waals surface area contributed by atoms with E-state index in [0.29, 0.717) is 22.3 Å². The first-order valence-electron chi connectivity index (χ1n) is 8.01. The minimum atomic E-state index is -0.776. The maximum absolute atomic E-state index is 12.3. The van der Waals surface area contributed by atoms with Gasteiger partial charge < -0.3 is 14.5 Å². The first-order valence-corrected chi connectivity index (χ1v) is 8.01. The standard InChI is InChI=1S/C20H17NO5/c1-12(19(23)25-2)21-18(22)15-8-5-7-13(10-15)16-11-14-6-3-4-9-17(14)26-20(16)24/h3-12H,1-2H3,(H,21,22)/t12-/m0/s1. The minimum absolute atomic E-state index is 0.325. The molecule has 0 spiro atoms. The molecule has 0 saturated carbocycles. The van der Waals surface area contributed by atoms with Crippen molar-refractivity contribution in [2.75, 3.05) is 7.11 Å². The van der Waals surface area contributed by atoms with Crippen LogP contribution in [-0.2, 0) is 9.53 Å². The van der Waals surface area contributed by atoms with E-state index in [9.17, 15) is 14.4 Å². The van der Waals surface area contributed by atoms with Crippen molar-refractivity contribution in [3.05, 3.63) is 70.6 Å². The van der Waals surface area contributed by atoms with Gasteiger partial charge in [0.15, 0.2) is 0 Å². The van der Waals surface area contributed by atoms with Gasteiger partial charge in [0, 0.05) is 10.9 Å². The Morgan fingerprint density at radius 2 is 1.85 bits per heavy atom. The first kappa shape index (κ1) is 17.4. The lowest BCUT2D eigenvalue weighted by atomic mass is 10.0. The summed E-state index contributed by atoms with van der Waals surface area (Å²) in [6, 6.07) is 14.7. The van der Waals surface area contributed by atoms with E-state index in [-0.39, 0.29) is 0 Å². The van der Waals surface area contributed by atoms with E-state index in [4.69, 9.17) is 4.42 Å². The third kappa shape index (κ3) is 3.49. The Morgan fingerprint density at radius 3 is 2.62 bits per heavy atom. The maximum atomic E-state index is 12.3. The van der Waals surface area contributed by atoms with Crippen LogP contribution < -0.4 is 10.9 Å². The molecule has 0 fully saturated rings. The molecule has 1 atom stereocenters. The zero-order valence-electron chi connectivity index (χ0n) is 14.3. The van der Waals surface area contributed by atoms with Gasteiger partial charge in [0.2, 0.25) is 0 Å². The van der Waals surface area contributed by atoms with E-state index >= 15 is 0 Å². The lowest BCUT2D eigenvalue weighted by molar-refractivity contribution is -0.142. The molecule has 0 bridgehead atoms. The van der Waals surface area contributed by atoms with E-state index in [1.807, 2.05) is 12.1 Å². The highest BCUT2D eigenvalue weighted by Crippen LogP contribution is 2.22. The van der Waals surface area contributed by atoms with Crippen LogP contribution in [0.4, 0.5) is 0 Å². The van der Waals surface area contributed by atoms with Crippen molar-refractivity contribution in [2.24, 2.45) is 0 Å². The Morgan fingerprint density at radius 1 is 1.08 bits per heavy atom. The minimum Gasteiger partial charge on any atom is -0.467 e. The molecule has 6 nitrogen and oxygen atoms in total. The lowest BCUT2D eigenvalue weighted by Crippen LogP contribution is -2.39. The third-order valence-corrected chi connectivity index (χ3v) is 3.98. The molecule has 0 aliphatic carbocycles. The number of para-hydroxylation sites is 1. The molecule has 0 unspecified atom stereocenters. The van der Waals surface area contributed by atoms with Crippen molar-refractivity contribution in [3.8, 4) is 11.1 Å². The number of esters is 1. The highest BCUT2D eigenvalue weighted by Gasteiger charge is 2.17. The lowest BCUT2D eigenvalue weighted by Gasteiger charge is -2.12. The summed E-state index contributed by atoms with van der Waals surface area (Å²) in [5.41, 5.74) is 1.26. The Bertz CT molecular complexity index is 1040. The smallest absolute Gasteiger partial charge is 0.344 e. The second-order valence-electron chi connectivity index (χ2n) is 5.78. The second-order valence-corrected chi connectivity index (χ2v) is 5.78. The fourth-order valence-corrected chi connectivity index (χ4v) is 2.61. The summed E-state index contributed by atoms with van der Waals surface area (Å²) in [7, 11) is 1.25. The number of fused-ring (bicyclic) bond motifs is 1. The number of rotatable bonds is 4. The van der Waals surface area contributed by atoms with Crippen LogP contribution in [0.25, 0.3) is 22.1 Å². The fraction of sp³-hybridized carbons (Fsp3) is 0.150. The van der Waals surface area contributed by atoms with Gasteiger partial charge in [-0.3, -0.25) is 4.79 Å². The van der Waals surface area contributed by atoms with Crippen LogP contribution in [0.15, 0.2) is 63.8 Å². The summed E-state index contributed by atoms with van der Waals surface area (Å²) < 4.78 is 9.93. The predicted octanol–water partition coefficient (Wildman–Crippen LogP) is 2.75. The molecule has 3 aromatic rings. The van der Waals surface area contributed by atoms with E-state index in [1.165, 1.54) is 14.0 Å². The molecule has 132 valence electrons. The normalized spacial score (nSPS) is 11.8. The van der Waals surface area contributed by atoms with Crippen molar-refractivity contribution in [1.29, 1.82) is 0 Å². The number of nitrogens with one attached hydrogen (secondary N) is 1. The maximum Gasteiger partial charge on any atom is 0.344 e. The number of carbonyl (C=O) groups is 2. The number of hydrogen-bond acceptors (Lipinski definition) is 5. The van der Waals surface area contributed by atoms with Crippen molar-refractivity contribution in [2.45, 2.75) is 13.0 Å². The molecule has 1 heterocycles. The molecule has 1 N–H and O–H groups in total. The fourth-order valence-electron chi connectivity index (χ4n) is 2.61. The zero-order chi connectivity index (χ0) is 18.7. The molecule has 0 aliphatic heterocycles. The van der Waals surface area contributed by atoms with Crippen LogP contribution >= 0.6 is 0 Å². The Kier molecular flexibility index (Phi) is 4.84. The number of ether oxygens (including phenoxy) is 1. The molecular formula is C20H17NO5. The number of carbonyl (C=O) groups excluding carboxylic acids is 2. The molecule has 0 aliphatic rings. The Balaban J connectivity index is 1.95. The molecule has 1 aromatic heterocycles. The van der Waals surface area contributed by atoms with Crippen LogP contribution in [0, 0.1) is 0 Å². The van der Waals surface area contributed by atoms with Gasteiger partial charge in [0.05, 0.1) is 12.7 Å². The van der Waals surface area contributed by atoms with Crippen LogP contribution in [0.2, 0.25) is 0 Å². The van der Waals surface area contributed by atoms with Gasteiger partial charge in [-0.15, -0.1) is 0 Å². The van der Waals surface area contributed by atoms with Gasteiger partial charge in [0.1, 0.15) is 11.6 Å². The third-order valence-electron chi connectivity index (χ3n) is 3.98. The zero-order valence-corrected chi connectivity index (χ0v) is 14.3. The monoisotopic (exact) mass is 351 g/mol. The van der Waals surface area contributed by atoms with Gasteiger partial charge in [-0.25, -0.2) is 9.59 Å². The number of hydrogen-bond donors (Lipinski definition) is 1. The molecule has 3 rings (SSSR count). The summed E-state index contributed by atoms with van der Waals surface area (Å²) in [6.45, 7) is 1.53. The summed E-state index contributed by atoms with van der Waals surface area (Å²) >= 11 is 0. The van der Waals surface area contributed by atoms with Crippen LogP contribution in [0.5, 0.6) is 0 Å². The SMILES string of the molecule is COC(=O)[C@H](C)NC(=O)c1cccc(-c2cc3ccccc3oc2=O)c1. The van der Waals surface area contributed by atoms with Gasteiger partial charge in [-0.2, -0.15) is 0 Å².